The van der Waals surface area contributed by atoms with Gasteiger partial charge in [-0.15, -0.1) is 0 Å². The van der Waals surface area contributed by atoms with E-state index in [-0.39, 0.29) is 17.5 Å². The molecule has 2 bridgehead atoms. The Balaban J connectivity index is 1.53. The number of ether oxygens (including phenoxy) is 2. The van der Waals surface area contributed by atoms with Crippen LogP contribution in [0.3, 0.4) is 0 Å². The second kappa shape index (κ2) is 10.6. The second-order valence-corrected chi connectivity index (χ2v) is 13.1. The maximum Gasteiger partial charge on any atom is 0.343 e. The van der Waals surface area contributed by atoms with E-state index < -0.39 is 22.6 Å². The van der Waals surface area contributed by atoms with Gasteiger partial charge in [0.25, 0.3) is 0 Å². The predicted molar refractivity (Wildman–Crippen MR) is 171 cm³/mol. The van der Waals surface area contributed by atoms with Crippen LogP contribution < -0.4 is 9.47 Å². The summed E-state index contributed by atoms with van der Waals surface area (Å²) in [6.45, 7) is 7.55. The molecular weight excluding hydrogens is 563 g/mol. The van der Waals surface area contributed by atoms with Crippen LogP contribution in [0.5, 0.6) is 11.5 Å². The van der Waals surface area contributed by atoms with Gasteiger partial charge in [-0.25, -0.2) is 9.18 Å². The van der Waals surface area contributed by atoms with Crippen LogP contribution in [-0.2, 0) is 16.6 Å². The van der Waals surface area contributed by atoms with Gasteiger partial charge in [0.05, 0.1) is 16.4 Å². The molecule has 0 atom stereocenters. The van der Waals surface area contributed by atoms with E-state index in [9.17, 15) is 14.0 Å². The largest absolute Gasteiger partial charge is 0.426 e. The monoisotopic (exact) mass is 596 g/mol. The summed E-state index contributed by atoms with van der Waals surface area (Å²) in [5.41, 5.74) is 7.15. The van der Waals surface area contributed by atoms with E-state index in [1.54, 1.807) is 12.1 Å². The van der Waals surface area contributed by atoms with Gasteiger partial charge in [0.2, 0.25) is 0 Å². The molecule has 3 aliphatic rings. The van der Waals surface area contributed by atoms with Gasteiger partial charge in [0.1, 0.15) is 17.3 Å². The summed E-state index contributed by atoms with van der Waals surface area (Å²) in [7, 11) is 0. The van der Waals surface area contributed by atoms with Crippen LogP contribution in [0.15, 0.2) is 109 Å². The summed E-state index contributed by atoms with van der Waals surface area (Å²) >= 11 is 0. The standard InChI is InChI=1S/C40H33FO4/c1-24-13-15-25(16-14-24)23-40-30-11-7-5-9-28(30)34(29-10-6-8-12-31(29)40)35-32(45-38(43)39(2,3)4)21-22-33(36(35)40)44-37(42)26-17-19-27(41)20-18-26/h5-22,34H,23H2,1-4H3. The Morgan fingerprint density at radius 1 is 0.733 bits per heavy atom. The molecule has 5 aromatic rings. The van der Waals surface area contributed by atoms with Crippen LogP contribution in [0.1, 0.15) is 81.6 Å². The van der Waals surface area contributed by atoms with Crippen molar-refractivity contribution in [3.05, 3.63) is 165 Å². The number of rotatable bonds is 5. The summed E-state index contributed by atoms with van der Waals surface area (Å²) in [6.07, 6.45) is 0.582. The normalized spacial score (nSPS) is 17.6. The van der Waals surface area contributed by atoms with Crippen molar-refractivity contribution < 1.29 is 23.5 Å². The maximum atomic E-state index is 13.7. The molecule has 0 saturated carbocycles. The first kappa shape index (κ1) is 28.7. The average molecular weight is 597 g/mol. The van der Waals surface area contributed by atoms with Gasteiger partial charge in [0, 0.05) is 17.0 Å². The lowest BCUT2D eigenvalue weighted by Crippen LogP contribution is -2.44. The molecule has 0 radical (unpaired) electrons. The first-order valence-electron chi connectivity index (χ1n) is 15.2. The van der Waals surface area contributed by atoms with E-state index in [1.807, 2.05) is 45.0 Å². The molecule has 0 N–H and O–H groups in total. The number of esters is 2. The number of carbonyl (C=O) groups is 2. The first-order chi connectivity index (χ1) is 21.6. The molecule has 5 aromatic carbocycles. The lowest BCUT2D eigenvalue weighted by molar-refractivity contribution is -0.143. The Kier molecular flexibility index (Phi) is 6.74. The van der Waals surface area contributed by atoms with Crippen molar-refractivity contribution in [1.29, 1.82) is 0 Å². The molecule has 0 spiro atoms. The molecule has 3 aliphatic carbocycles. The molecule has 0 aromatic heterocycles. The fourth-order valence-corrected chi connectivity index (χ4v) is 6.94. The molecule has 0 amide bonds. The van der Waals surface area contributed by atoms with E-state index in [2.05, 4.69) is 55.5 Å². The Morgan fingerprint density at radius 2 is 1.31 bits per heavy atom. The van der Waals surface area contributed by atoms with Crippen LogP contribution in [0.2, 0.25) is 0 Å². The van der Waals surface area contributed by atoms with Crippen LogP contribution in [0.25, 0.3) is 0 Å². The van der Waals surface area contributed by atoms with Crippen LogP contribution >= 0.6 is 0 Å². The molecule has 45 heavy (non-hydrogen) atoms. The van der Waals surface area contributed by atoms with Gasteiger partial charge in [-0.2, -0.15) is 0 Å². The van der Waals surface area contributed by atoms with E-state index in [0.29, 0.717) is 17.9 Å². The third-order valence-corrected chi connectivity index (χ3v) is 9.03. The van der Waals surface area contributed by atoms with Gasteiger partial charge in [-0.05, 0) is 98.3 Å². The minimum Gasteiger partial charge on any atom is -0.426 e. The highest BCUT2D eigenvalue weighted by atomic mass is 19.1. The Morgan fingerprint density at radius 3 is 1.91 bits per heavy atom. The smallest absolute Gasteiger partial charge is 0.343 e. The summed E-state index contributed by atoms with van der Waals surface area (Å²) < 4.78 is 26.1. The van der Waals surface area contributed by atoms with Crippen LogP contribution in [-0.4, -0.2) is 11.9 Å². The molecule has 0 saturated heterocycles. The third kappa shape index (κ3) is 4.65. The molecule has 0 fully saturated rings. The van der Waals surface area contributed by atoms with Gasteiger partial charge < -0.3 is 9.47 Å². The SMILES string of the molecule is Cc1ccc(CC23c4ccccc4C(c4ccccc42)c2c(OC(=O)C(C)(C)C)ccc(OC(=O)c4ccc(F)cc4)c23)cc1. The molecule has 4 nitrogen and oxygen atoms in total. The Bertz CT molecular complexity index is 1920. The topological polar surface area (TPSA) is 52.6 Å². The van der Waals surface area contributed by atoms with Gasteiger partial charge >= 0.3 is 11.9 Å². The van der Waals surface area contributed by atoms with Crippen molar-refractivity contribution in [2.24, 2.45) is 5.41 Å². The van der Waals surface area contributed by atoms with Crippen molar-refractivity contribution in [1.82, 2.24) is 0 Å². The zero-order chi connectivity index (χ0) is 31.5. The van der Waals surface area contributed by atoms with E-state index in [0.717, 1.165) is 44.5 Å². The van der Waals surface area contributed by atoms with Crippen molar-refractivity contribution in [3.8, 4) is 11.5 Å². The lowest BCUT2D eigenvalue weighted by atomic mass is 9.51. The highest BCUT2D eigenvalue weighted by Gasteiger charge is 2.54. The van der Waals surface area contributed by atoms with Gasteiger partial charge in [-0.1, -0.05) is 78.4 Å². The van der Waals surface area contributed by atoms with Crippen LogP contribution in [0.4, 0.5) is 4.39 Å². The number of carbonyl (C=O) groups excluding carboxylic acids is 2. The number of hydrogen-bond donors (Lipinski definition) is 0. The fraction of sp³-hybridized carbons (Fsp3) is 0.200. The first-order valence-corrected chi connectivity index (χ1v) is 15.2. The Labute approximate surface area is 262 Å². The summed E-state index contributed by atoms with van der Waals surface area (Å²) in [5, 5.41) is 0. The van der Waals surface area contributed by atoms with Gasteiger partial charge in [0.15, 0.2) is 0 Å². The number of hydrogen-bond acceptors (Lipinski definition) is 4. The Hall–Kier alpha value is -5.03. The summed E-state index contributed by atoms with van der Waals surface area (Å²) in [6, 6.07) is 34.1. The molecule has 8 rings (SSSR count). The molecule has 224 valence electrons. The number of halogens is 1. The highest BCUT2D eigenvalue weighted by molar-refractivity contribution is 5.92. The zero-order valence-corrected chi connectivity index (χ0v) is 25.7. The predicted octanol–water partition coefficient (Wildman–Crippen LogP) is 8.69. The van der Waals surface area contributed by atoms with Crippen LogP contribution in [0, 0.1) is 18.2 Å². The average Bonchev–Trinajstić information content (AvgIpc) is 3.03. The minimum absolute atomic E-state index is 0.239. The van der Waals surface area contributed by atoms with E-state index in [4.69, 9.17) is 9.47 Å². The summed E-state index contributed by atoms with van der Waals surface area (Å²) in [4.78, 5) is 26.9. The molecule has 5 heteroatoms. The number of benzene rings is 5. The van der Waals surface area contributed by atoms with Crippen molar-refractivity contribution in [2.75, 3.05) is 0 Å². The third-order valence-electron chi connectivity index (χ3n) is 9.03. The minimum atomic E-state index is -0.769. The molecule has 0 unspecified atom stereocenters. The lowest BCUT2D eigenvalue weighted by Gasteiger charge is -2.51. The van der Waals surface area contributed by atoms with Crippen molar-refractivity contribution in [3.63, 3.8) is 0 Å². The zero-order valence-electron chi connectivity index (χ0n) is 25.7. The summed E-state index contributed by atoms with van der Waals surface area (Å²) in [5.74, 6) is -0.789. The fourth-order valence-electron chi connectivity index (χ4n) is 6.94. The van der Waals surface area contributed by atoms with E-state index >= 15 is 0 Å². The van der Waals surface area contributed by atoms with Gasteiger partial charge in [-0.3, -0.25) is 4.79 Å². The van der Waals surface area contributed by atoms with Crippen molar-refractivity contribution in [2.45, 2.75) is 45.4 Å². The second-order valence-electron chi connectivity index (χ2n) is 13.1. The van der Waals surface area contributed by atoms with E-state index in [1.165, 1.54) is 24.3 Å². The maximum absolute atomic E-state index is 13.7. The molecular formula is C40H33FO4. The molecule has 0 heterocycles. The quantitative estimate of drug-likeness (QED) is 0.150. The highest BCUT2D eigenvalue weighted by Crippen LogP contribution is 2.64. The molecule has 0 aliphatic heterocycles. The number of aryl methyl sites for hydroxylation is 1. The van der Waals surface area contributed by atoms with Crippen molar-refractivity contribution >= 4 is 11.9 Å².